The minimum atomic E-state index is 0.742. The maximum absolute atomic E-state index is 5.39. The summed E-state index contributed by atoms with van der Waals surface area (Å²) < 4.78 is 12.5. The molecule has 4 heterocycles. The molecule has 5 rings (SSSR count). The fourth-order valence-electron chi connectivity index (χ4n) is 2.76. The highest BCUT2D eigenvalue weighted by atomic mass is 32.1. The summed E-state index contributed by atoms with van der Waals surface area (Å²) in [6.07, 6.45) is 5.49. The average molecular weight is 336 g/mol. The molecule has 0 aliphatic rings. The lowest BCUT2D eigenvalue weighted by Gasteiger charge is -1.99. The number of aromatic amines is 1. The first-order valence-electron chi connectivity index (χ1n) is 7.37. The van der Waals surface area contributed by atoms with Crippen molar-refractivity contribution in [1.82, 2.24) is 19.6 Å². The normalized spacial score (nSPS) is 11.5. The van der Waals surface area contributed by atoms with E-state index in [-0.39, 0.29) is 0 Å². The molecule has 7 heteroatoms. The molecule has 0 radical (unpaired) electrons. The number of rotatable bonds is 3. The highest BCUT2D eigenvalue weighted by Gasteiger charge is 2.15. The van der Waals surface area contributed by atoms with E-state index < -0.39 is 0 Å². The van der Waals surface area contributed by atoms with Crippen molar-refractivity contribution in [2.75, 3.05) is 7.11 Å². The van der Waals surface area contributed by atoms with Crippen LogP contribution in [-0.4, -0.2) is 26.7 Å². The zero-order valence-corrected chi connectivity index (χ0v) is 13.5. The van der Waals surface area contributed by atoms with Gasteiger partial charge < -0.3 is 14.1 Å². The molecule has 0 aliphatic carbocycles. The number of methoxy groups -OCH3 is 1. The lowest BCUT2D eigenvalue weighted by Crippen LogP contribution is -1.83. The number of hydrogen-bond donors (Lipinski definition) is 1. The molecule has 24 heavy (non-hydrogen) atoms. The van der Waals surface area contributed by atoms with Gasteiger partial charge in [0.2, 0.25) is 4.96 Å². The molecule has 118 valence electrons. The average Bonchev–Trinajstić information content (AvgIpc) is 3.34. The molecule has 0 saturated heterocycles. The van der Waals surface area contributed by atoms with Crippen LogP contribution in [0, 0.1) is 0 Å². The van der Waals surface area contributed by atoms with Crippen LogP contribution in [0.5, 0.6) is 5.75 Å². The van der Waals surface area contributed by atoms with Gasteiger partial charge in [-0.1, -0.05) is 11.3 Å². The van der Waals surface area contributed by atoms with Crippen LogP contribution in [0.3, 0.4) is 0 Å². The Labute approximate surface area is 140 Å². The van der Waals surface area contributed by atoms with Gasteiger partial charge in [0.1, 0.15) is 16.5 Å². The molecule has 0 amide bonds. The number of hydrogen-bond acceptors (Lipinski definition) is 5. The van der Waals surface area contributed by atoms with Gasteiger partial charge in [0.25, 0.3) is 0 Å². The number of furan rings is 1. The Morgan fingerprint density at radius 1 is 1.29 bits per heavy atom. The third-order valence-electron chi connectivity index (χ3n) is 3.94. The van der Waals surface area contributed by atoms with E-state index in [1.54, 1.807) is 17.9 Å². The highest BCUT2D eigenvalue weighted by molar-refractivity contribution is 7.20. The van der Waals surface area contributed by atoms with Crippen molar-refractivity contribution >= 4 is 27.2 Å². The third kappa shape index (κ3) is 1.95. The van der Waals surface area contributed by atoms with E-state index in [0.29, 0.717) is 0 Å². The summed E-state index contributed by atoms with van der Waals surface area (Å²) in [6, 6.07) is 9.69. The van der Waals surface area contributed by atoms with Crippen LogP contribution in [0.25, 0.3) is 37.9 Å². The zero-order chi connectivity index (χ0) is 16.1. The molecular formula is C17H12N4O2S. The number of ether oxygens (including phenoxy) is 1. The summed E-state index contributed by atoms with van der Waals surface area (Å²) >= 11 is 1.54. The number of nitrogens with zero attached hydrogens (tertiary/aromatic N) is 3. The Kier molecular flexibility index (Phi) is 2.77. The number of aromatic nitrogens is 4. The number of H-pyrrole nitrogens is 1. The second kappa shape index (κ2) is 4.97. The van der Waals surface area contributed by atoms with Crippen molar-refractivity contribution in [2.45, 2.75) is 0 Å². The van der Waals surface area contributed by atoms with E-state index >= 15 is 0 Å². The topological polar surface area (TPSA) is 68.3 Å². The fraction of sp³-hybridized carbons (Fsp3) is 0.0588. The van der Waals surface area contributed by atoms with Crippen molar-refractivity contribution in [1.29, 1.82) is 0 Å². The van der Waals surface area contributed by atoms with E-state index in [4.69, 9.17) is 9.15 Å². The van der Waals surface area contributed by atoms with Gasteiger partial charge in [0.15, 0.2) is 5.76 Å². The van der Waals surface area contributed by atoms with E-state index in [2.05, 4.69) is 15.1 Å². The Bertz CT molecular complexity index is 1120. The predicted octanol–water partition coefficient (Wildman–Crippen LogP) is 4.21. The molecule has 0 atom stereocenters. The minimum Gasteiger partial charge on any atom is -0.497 e. The van der Waals surface area contributed by atoms with Gasteiger partial charge in [-0.3, -0.25) is 0 Å². The lowest BCUT2D eigenvalue weighted by atomic mass is 10.2. The Balaban J connectivity index is 1.63. The zero-order valence-electron chi connectivity index (χ0n) is 12.7. The first-order chi connectivity index (χ1) is 11.8. The second-order valence-electron chi connectivity index (χ2n) is 5.35. The molecule has 0 aliphatic heterocycles. The van der Waals surface area contributed by atoms with E-state index in [1.807, 2.05) is 42.7 Å². The van der Waals surface area contributed by atoms with Crippen LogP contribution in [0.2, 0.25) is 0 Å². The Morgan fingerprint density at radius 2 is 2.25 bits per heavy atom. The molecule has 0 spiro atoms. The van der Waals surface area contributed by atoms with E-state index in [1.165, 1.54) is 11.3 Å². The predicted molar refractivity (Wildman–Crippen MR) is 92.4 cm³/mol. The van der Waals surface area contributed by atoms with Gasteiger partial charge in [-0.15, -0.1) is 0 Å². The standard InChI is InChI=1S/C17H12N4O2S/c1-22-10-4-5-13-11(7-10)12(8-18-13)16-20-21-9-14(19-17(21)24-16)15-3-2-6-23-15/h2-9,18H,1H3. The first kappa shape index (κ1) is 13.4. The molecule has 0 saturated carbocycles. The molecule has 4 aromatic heterocycles. The monoisotopic (exact) mass is 336 g/mol. The van der Waals surface area contributed by atoms with Crippen LogP contribution < -0.4 is 4.74 Å². The molecule has 0 unspecified atom stereocenters. The van der Waals surface area contributed by atoms with Crippen molar-refractivity contribution < 1.29 is 9.15 Å². The molecular weight excluding hydrogens is 324 g/mol. The smallest absolute Gasteiger partial charge is 0.213 e. The Hall–Kier alpha value is -3.06. The third-order valence-corrected chi connectivity index (χ3v) is 4.89. The van der Waals surface area contributed by atoms with Crippen molar-refractivity contribution in [3.05, 3.63) is 49.0 Å². The maximum atomic E-state index is 5.39. The van der Waals surface area contributed by atoms with Gasteiger partial charge in [-0.25, -0.2) is 9.50 Å². The van der Waals surface area contributed by atoms with Crippen LogP contribution in [0.15, 0.2) is 53.4 Å². The summed E-state index contributed by atoms with van der Waals surface area (Å²) in [5.41, 5.74) is 2.87. The number of fused-ring (bicyclic) bond motifs is 2. The van der Waals surface area contributed by atoms with Gasteiger partial charge >= 0.3 is 0 Å². The molecule has 6 nitrogen and oxygen atoms in total. The van der Waals surface area contributed by atoms with Crippen LogP contribution in [-0.2, 0) is 0 Å². The molecule has 1 aromatic carbocycles. The summed E-state index contributed by atoms with van der Waals surface area (Å²) in [4.78, 5) is 8.69. The first-order valence-corrected chi connectivity index (χ1v) is 8.19. The van der Waals surface area contributed by atoms with Crippen molar-refractivity contribution in [3.8, 4) is 27.8 Å². The lowest BCUT2D eigenvalue weighted by molar-refractivity contribution is 0.415. The summed E-state index contributed by atoms with van der Waals surface area (Å²) in [6.45, 7) is 0. The summed E-state index contributed by atoms with van der Waals surface area (Å²) in [7, 11) is 1.67. The highest BCUT2D eigenvalue weighted by Crippen LogP contribution is 2.34. The van der Waals surface area contributed by atoms with Gasteiger partial charge in [0.05, 0.1) is 19.6 Å². The molecule has 5 aromatic rings. The largest absolute Gasteiger partial charge is 0.497 e. The number of imidazole rings is 1. The number of nitrogens with one attached hydrogen (secondary N) is 1. The van der Waals surface area contributed by atoms with Crippen molar-refractivity contribution in [3.63, 3.8) is 0 Å². The summed E-state index contributed by atoms with van der Waals surface area (Å²) in [5.74, 6) is 1.57. The quantitative estimate of drug-likeness (QED) is 0.536. The SMILES string of the molecule is COc1ccc2[nH]cc(-c3nn4cc(-c5ccco5)nc4s3)c2c1. The van der Waals surface area contributed by atoms with Crippen LogP contribution in [0.4, 0.5) is 0 Å². The van der Waals surface area contributed by atoms with Gasteiger partial charge in [0, 0.05) is 22.7 Å². The Morgan fingerprint density at radius 3 is 3.04 bits per heavy atom. The van der Waals surface area contributed by atoms with Crippen LogP contribution >= 0.6 is 11.3 Å². The van der Waals surface area contributed by atoms with Gasteiger partial charge in [-0.05, 0) is 30.3 Å². The second-order valence-corrected chi connectivity index (χ2v) is 6.31. The molecule has 0 fully saturated rings. The molecule has 0 bridgehead atoms. The van der Waals surface area contributed by atoms with Crippen LogP contribution in [0.1, 0.15) is 0 Å². The fourth-order valence-corrected chi connectivity index (χ4v) is 3.67. The number of benzene rings is 1. The summed E-state index contributed by atoms with van der Waals surface area (Å²) in [5, 5.41) is 6.65. The molecule has 1 N–H and O–H groups in total. The minimum absolute atomic E-state index is 0.742. The van der Waals surface area contributed by atoms with Crippen molar-refractivity contribution in [2.24, 2.45) is 0 Å². The van der Waals surface area contributed by atoms with E-state index in [9.17, 15) is 0 Å². The van der Waals surface area contributed by atoms with E-state index in [0.717, 1.165) is 43.6 Å². The van der Waals surface area contributed by atoms with Gasteiger partial charge in [-0.2, -0.15) is 5.10 Å². The maximum Gasteiger partial charge on any atom is 0.213 e.